The predicted molar refractivity (Wildman–Crippen MR) is 69.6 cm³/mol. The molecule has 1 saturated heterocycles. The number of rotatable bonds is 3. The molecule has 1 aliphatic rings. The maximum absolute atomic E-state index is 5.97. The number of nitrogens with two attached hydrogens (primary N) is 1. The second-order valence-electron chi connectivity index (χ2n) is 5.30. The number of nitrogens with zero attached hydrogens (tertiary/aromatic N) is 3. The minimum Gasteiger partial charge on any atom is -0.329 e. The van der Waals surface area contributed by atoms with Crippen molar-refractivity contribution >= 4 is 0 Å². The minimum absolute atomic E-state index is 0.321. The van der Waals surface area contributed by atoms with Crippen LogP contribution in [0.25, 0.3) is 0 Å². The molecule has 96 valence electrons. The Kier molecular flexibility index (Phi) is 3.84. The van der Waals surface area contributed by atoms with Crippen molar-refractivity contribution in [3.63, 3.8) is 0 Å². The highest BCUT2D eigenvalue weighted by atomic mass is 15.3. The molecule has 2 rings (SSSR count). The number of likely N-dealkylation sites (tertiary alicyclic amines) is 1. The Morgan fingerprint density at radius 3 is 2.88 bits per heavy atom. The van der Waals surface area contributed by atoms with Gasteiger partial charge >= 0.3 is 0 Å². The Hall–Kier alpha value is -0.870. The summed E-state index contributed by atoms with van der Waals surface area (Å²) >= 11 is 0. The van der Waals surface area contributed by atoms with Gasteiger partial charge in [-0.3, -0.25) is 9.58 Å². The van der Waals surface area contributed by atoms with Crippen LogP contribution in [0.3, 0.4) is 0 Å². The summed E-state index contributed by atoms with van der Waals surface area (Å²) in [6.07, 6.45) is 6.65. The zero-order chi connectivity index (χ0) is 12.4. The van der Waals surface area contributed by atoms with Crippen molar-refractivity contribution in [1.29, 1.82) is 0 Å². The molecule has 0 aliphatic carbocycles. The van der Waals surface area contributed by atoms with Crippen molar-refractivity contribution < 1.29 is 0 Å². The van der Waals surface area contributed by atoms with Crippen molar-refractivity contribution in [2.24, 2.45) is 18.7 Å². The number of piperidine rings is 1. The van der Waals surface area contributed by atoms with E-state index in [0.717, 1.165) is 12.5 Å². The normalized spacial score (nSPS) is 28.2. The van der Waals surface area contributed by atoms with E-state index in [1.54, 1.807) is 0 Å². The topological polar surface area (TPSA) is 47.1 Å². The quantitative estimate of drug-likeness (QED) is 0.866. The molecule has 3 atom stereocenters. The highest BCUT2D eigenvalue weighted by molar-refractivity contribution is 5.12. The van der Waals surface area contributed by atoms with Crippen LogP contribution in [0.5, 0.6) is 0 Å². The number of hydrogen-bond donors (Lipinski definition) is 1. The lowest BCUT2D eigenvalue weighted by Crippen LogP contribution is -2.46. The molecular weight excluding hydrogens is 212 g/mol. The molecule has 4 nitrogen and oxygen atoms in total. The monoisotopic (exact) mass is 236 g/mol. The minimum atomic E-state index is 0.321. The van der Waals surface area contributed by atoms with Gasteiger partial charge in [0.1, 0.15) is 0 Å². The van der Waals surface area contributed by atoms with E-state index < -0.39 is 0 Å². The molecule has 0 spiro atoms. The summed E-state index contributed by atoms with van der Waals surface area (Å²) in [5.41, 5.74) is 7.22. The molecule has 1 aromatic rings. The van der Waals surface area contributed by atoms with Crippen LogP contribution in [0, 0.1) is 5.92 Å². The fourth-order valence-corrected chi connectivity index (χ4v) is 2.88. The Balaban J connectivity index is 2.17. The maximum atomic E-state index is 5.97. The van der Waals surface area contributed by atoms with E-state index in [1.165, 1.54) is 18.4 Å². The number of aryl methyl sites for hydroxylation is 1. The van der Waals surface area contributed by atoms with Crippen molar-refractivity contribution in [1.82, 2.24) is 14.7 Å². The van der Waals surface area contributed by atoms with Crippen LogP contribution >= 0.6 is 0 Å². The first kappa shape index (κ1) is 12.6. The van der Waals surface area contributed by atoms with Crippen LogP contribution in [0.2, 0.25) is 0 Å². The van der Waals surface area contributed by atoms with Crippen LogP contribution < -0.4 is 5.73 Å². The molecule has 0 radical (unpaired) electrons. The largest absolute Gasteiger partial charge is 0.329 e. The Labute approximate surface area is 104 Å². The van der Waals surface area contributed by atoms with Gasteiger partial charge in [0.15, 0.2) is 0 Å². The SMILES string of the molecule is CC1CCCN(C(CN)c2cnn(C)c2)C1C. The summed E-state index contributed by atoms with van der Waals surface area (Å²) in [6.45, 7) is 6.49. The van der Waals surface area contributed by atoms with E-state index >= 15 is 0 Å². The Morgan fingerprint density at radius 1 is 1.53 bits per heavy atom. The average Bonchev–Trinajstić information content (AvgIpc) is 2.72. The molecule has 0 amide bonds. The third-order valence-corrected chi connectivity index (χ3v) is 4.16. The fraction of sp³-hybridized carbons (Fsp3) is 0.769. The molecule has 2 heterocycles. The molecular formula is C13H24N4. The molecule has 17 heavy (non-hydrogen) atoms. The second-order valence-corrected chi connectivity index (χ2v) is 5.30. The lowest BCUT2D eigenvalue weighted by Gasteiger charge is -2.42. The van der Waals surface area contributed by atoms with E-state index in [9.17, 15) is 0 Å². The smallest absolute Gasteiger partial charge is 0.0538 e. The van der Waals surface area contributed by atoms with Crippen LogP contribution in [-0.4, -0.2) is 33.8 Å². The summed E-state index contributed by atoms with van der Waals surface area (Å²) in [5, 5.41) is 4.26. The molecule has 1 fully saturated rings. The molecule has 0 aromatic carbocycles. The van der Waals surface area contributed by atoms with E-state index in [0.29, 0.717) is 18.6 Å². The molecule has 0 bridgehead atoms. The van der Waals surface area contributed by atoms with Crippen LogP contribution in [0.15, 0.2) is 12.4 Å². The van der Waals surface area contributed by atoms with Gasteiger partial charge in [-0.25, -0.2) is 0 Å². The van der Waals surface area contributed by atoms with E-state index in [-0.39, 0.29) is 0 Å². The van der Waals surface area contributed by atoms with Crippen molar-refractivity contribution in [2.45, 2.75) is 38.8 Å². The van der Waals surface area contributed by atoms with Crippen LogP contribution in [-0.2, 0) is 7.05 Å². The van der Waals surface area contributed by atoms with E-state index in [2.05, 4.69) is 30.0 Å². The first-order chi connectivity index (χ1) is 8.13. The molecule has 2 N–H and O–H groups in total. The number of hydrogen-bond acceptors (Lipinski definition) is 3. The zero-order valence-corrected chi connectivity index (χ0v) is 11.1. The summed E-state index contributed by atoms with van der Waals surface area (Å²) < 4.78 is 1.86. The first-order valence-electron chi connectivity index (χ1n) is 6.58. The Bertz CT molecular complexity index is 360. The average molecular weight is 236 g/mol. The standard InChI is InChI=1S/C13H24N4/c1-10-5-4-6-17(11(10)2)13(7-14)12-8-15-16(3)9-12/h8-11,13H,4-7,14H2,1-3H3. The molecule has 0 saturated carbocycles. The van der Waals surface area contributed by atoms with Crippen molar-refractivity contribution in [2.75, 3.05) is 13.1 Å². The summed E-state index contributed by atoms with van der Waals surface area (Å²) in [7, 11) is 1.96. The van der Waals surface area contributed by atoms with Gasteiger partial charge in [0, 0.05) is 31.4 Å². The van der Waals surface area contributed by atoms with E-state index in [4.69, 9.17) is 5.73 Å². The van der Waals surface area contributed by atoms with Gasteiger partial charge in [-0.2, -0.15) is 5.10 Å². The summed E-state index contributed by atoms with van der Waals surface area (Å²) in [5.74, 6) is 0.759. The fourth-order valence-electron chi connectivity index (χ4n) is 2.88. The van der Waals surface area contributed by atoms with Crippen LogP contribution in [0.1, 0.15) is 38.3 Å². The number of aromatic nitrogens is 2. The molecule has 1 aliphatic heterocycles. The molecule has 3 unspecified atom stereocenters. The lowest BCUT2D eigenvalue weighted by molar-refractivity contribution is 0.0709. The van der Waals surface area contributed by atoms with Gasteiger partial charge in [0.05, 0.1) is 12.2 Å². The van der Waals surface area contributed by atoms with Crippen molar-refractivity contribution in [3.05, 3.63) is 18.0 Å². The Morgan fingerprint density at radius 2 is 2.29 bits per heavy atom. The lowest BCUT2D eigenvalue weighted by atomic mass is 9.90. The van der Waals surface area contributed by atoms with Gasteiger partial charge < -0.3 is 5.73 Å². The van der Waals surface area contributed by atoms with Gasteiger partial charge in [-0.1, -0.05) is 6.92 Å². The second kappa shape index (κ2) is 5.19. The highest BCUT2D eigenvalue weighted by Gasteiger charge is 2.30. The summed E-state index contributed by atoms with van der Waals surface area (Å²) in [6, 6.07) is 0.930. The third-order valence-electron chi connectivity index (χ3n) is 4.16. The van der Waals surface area contributed by atoms with Gasteiger partial charge in [-0.05, 0) is 32.2 Å². The molecule has 4 heteroatoms. The zero-order valence-electron chi connectivity index (χ0n) is 11.1. The van der Waals surface area contributed by atoms with Gasteiger partial charge in [0.2, 0.25) is 0 Å². The predicted octanol–water partition coefficient (Wildman–Crippen LogP) is 1.54. The van der Waals surface area contributed by atoms with E-state index in [1.807, 2.05) is 17.9 Å². The van der Waals surface area contributed by atoms with Gasteiger partial charge in [-0.15, -0.1) is 0 Å². The molecule has 1 aromatic heterocycles. The van der Waals surface area contributed by atoms with Gasteiger partial charge in [0.25, 0.3) is 0 Å². The highest BCUT2D eigenvalue weighted by Crippen LogP contribution is 2.30. The maximum Gasteiger partial charge on any atom is 0.0538 e. The first-order valence-corrected chi connectivity index (χ1v) is 6.58. The van der Waals surface area contributed by atoms with Crippen molar-refractivity contribution in [3.8, 4) is 0 Å². The third kappa shape index (κ3) is 2.53. The van der Waals surface area contributed by atoms with Crippen LogP contribution in [0.4, 0.5) is 0 Å². The summed E-state index contributed by atoms with van der Waals surface area (Å²) in [4.78, 5) is 2.55.